The molecule has 0 bridgehead atoms. The first-order chi connectivity index (χ1) is 9.93. The van der Waals surface area contributed by atoms with Gasteiger partial charge < -0.3 is 4.90 Å². The van der Waals surface area contributed by atoms with Gasteiger partial charge in [-0.05, 0) is 36.8 Å². The van der Waals surface area contributed by atoms with Crippen molar-refractivity contribution in [1.82, 2.24) is 0 Å². The van der Waals surface area contributed by atoms with Crippen molar-refractivity contribution < 1.29 is 4.92 Å². The van der Waals surface area contributed by atoms with Gasteiger partial charge in [-0.15, -0.1) is 0 Å². The molecule has 0 atom stereocenters. The SMILES string of the molecule is Cc1cc([N+](=O)[O-])c(Cl)cc1N(C)c1cccc(C#N)c1. The molecule has 0 heterocycles. The molecule has 0 saturated heterocycles. The molecule has 106 valence electrons. The maximum absolute atomic E-state index is 10.9. The molecule has 0 aromatic heterocycles. The van der Waals surface area contributed by atoms with Crippen LogP contribution in [0.2, 0.25) is 5.02 Å². The lowest BCUT2D eigenvalue weighted by Gasteiger charge is -2.22. The Morgan fingerprint density at radius 1 is 1.33 bits per heavy atom. The molecule has 5 nitrogen and oxygen atoms in total. The van der Waals surface area contributed by atoms with Crippen LogP contribution in [0.15, 0.2) is 36.4 Å². The average Bonchev–Trinajstić information content (AvgIpc) is 2.48. The standard InChI is InChI=1S/C15H12ClN3O2/c1-10-6-15(19(20)21)13(16)8-14(10)18(2)12-5-3-4-11(7-12)9-17/h3-8H,1-2H3. The fourth-order valence-electron chi connectivity index (χ4n) is 2.08. The second-order valence-electron chi connectivity index (χ2n) is 4.57. The first-order valence-corrected chi connectivity index (χ1v) is 6.50. The van der Waals surface area contributed by atoms with Gasteiger partial charge in [-0.2, -0.15) is 5.26 Å². The van der Waals surface area contributed by atoms with Crippen molar-refractivity contribution in [2.24, 2.45) is 0 Å². The Hall–Kier alpha value is -2.58. The molecular formula is C15H12ClN3O2. The van der Waals surface area contributed by atoms with Crippen LogP contribution in [-0.2, 0) is 0 Å². The minimum absolute atomic E-state index is 0.0869. The molecular weight excluding hydrogens is 290 g/mol. The van der Waals surface area contributed by atoms with E-state index in [2.05, 4.69) is 6.07 Å². The summed E-state index contributed by atoms with van der Waals surface area (Å²) in [6.07, 6.45) is 0. The Labute approximate surface area is 127 Å². The molecule has 0 spiro atoms. The number of anilines is 2. The van der Waals surface area contributed by atoms with Gasteiger partial charge in [0, 0.05) is 24.5 Å². The first kappa shape index (κ1) is 14.8. The fourth-order valence-corrected chi connectivity index (χ4v) is 2.31. The van der Waals surface area contributed by atoms with Gasteiger partial charge in [0.05, 0.1) is 16.6 Å². The topological polar surface area (TPSA) is 70.2 Å². The summed E-state index contributed by atoms with van der Waals surface area (Å²) < 4.78 is 0. The molecule has 2 rings (SSSR count). The number of hydrogen-bond acceptors (Lipinski definition) is 4. The van der Waals surface area contributed by atoms with Crippen LogP contribution in [0.25, 0.3) is 0 Å². The third-order valence-electron chi connectivity index (χ3n) is 3.19. The van der Waals surface area contributed by atoms with E-state index in [0.29, 0.717) is 5.56 Å². The lowest BCUT2D eigenvalue weighted by atomic mass is 10.1. The van der Waals surface area contributed by atoms with E-state index in [1.54, 1.807) is 31.2 Å². The lowest BCUT2D eigenvalue weighted by molar-refractivity contribution is -0.384. The molecule has 0 aliphatic carbocycles. The molecule has 0 fully saturated rings. The van der Waals surface area contributed by atoms with Gasteiger partial charge in [-0.3, -0.25) is 10.1 Å². The second kappa shape index (κ2) is 5.81. The lowest BCUT2D eigenvalue weighted by Crippen LogP contribution is -2.11. The molecule has 0 radical (unpaired) electrons. The molecule has 2 aromatic rings. The summed E-state index contributed by atoms with van der Waals surface area (Å²) in [6.45, 7) is 1.78. The Kier molecular flexibility index (Phi) is 4.10. The second-order valence-corrected chi connectivity index (χ2v) is 4.98. The van der Waals surface area contributed by atoms with Crippen molar-refractivity contribution in [3.05, 3.63) is 62.7 Å². The van der Waals surface area contributed by atoms with Crippen LogP contribution >= 0.6 is 11.6 Å². The van der Waals surface area contributed by atoms with Crippen molar-refractivity contribution in [1.29, 1.82) is 5.26 Å². The summed E-state index contributed by atoms with van der Waals surface area (Å²) in [5, 5.41) is 19.9. The monoisotopic (exact) mass is 301 g/mol. The van der Waals surface area contributed by atoms with Crippen LogP contribution in [0.4, 0.5) is 17.1 Å². The molecule has 6 heteroatoms. The Morgan fingerprint density at radius 2 is 2.05 bits per heavy atom. The molecule has 2 aromatic carbocycles. The number of hydrogen-bond donors (Lipinski definition) is 0. The van der Waals surface area contributed by atoms with E-state index < -0.39 is 4.92 Å². The summed E-state index contributed by atoms with van der Waals surface area (Å²) in [5.41, 5.74) is 2.72. The zero-order valence-corrected chi connectivity index (χ0v) is 12.3. The number of nitro groups is 1. The van der Waals surface area contributed by atoms with Gasteiger partial charge in [0.15, 0.2) is 0 Å². The Morgan fingerprint density at radius 3 is 2.67 bits per heavy atom. The highest BCUT2D eigenvalue weighted by Gasteiger charge is 2.17. The van der Waals surface area contributed by atoms with Gasteiger partial charge in [0.2, 0.25) is 0 Å². The van der Waals surface area contributed by atoms with E-state index >= 15 is 0 Å². The summed E-state index contributed by atoms with van der Waals surface area (Å²) in [6, 6.07) is 12.2. The van der Waals surface area contributed by atoms with Crippen molar-refractivity contribution in [2.75, 3.05) is 11.9 Å². The van der Waals surface area contributed by atoms with Crippen molar-refractivity contribution in [3.63, 3.8) is 0 Å². The maximum Gasteiger partial charge on any atom is 0.288 e. The minimum Gasteiger partial charge on any atom is -0.344 e. The van der Waals surface area contributed by atoms with E-state index in [9.17, 15) is 10.1 Å². The van der Waals surface area contributed by atoms with Crippen LogP contribution in [0, 0.1) is 28.4 Å². The van der Waals surface area contributed by atoms with Gasteiger partial charge in [0.25, 0.3) is 5.69 Å². The number of aryl methyl sites for hydroxylation is 1. The average molecular weight is 302 g/mol. The normalized spacial score (nSPS) is 10.0. The van der Waals surface area contributed by atoms with E-state index in [1.807, 2.05) is 18.0 Å². The van der Waals surface area contributed by atoms with Crippen LogP contribution in [-0.4, -0.2) is 12.0 Å². The number of nitriles is 1. The summed E-state index contributed by atoms with van der Waals surface area (Å²) in [4.78, 5) is 12.2. The minimum atomic E-state index is -0.505. The van der Waals surface area contributed by atoms with Crippen LogP contribution < -0.4 is 4.90 Å². The summed E-state index contributed by atoms with van der Waals surface area (Å²) in [5.74, 6) is 0. The third-order valence-corrected chi connectivity index (χ3v) is 3.49. The number of nitro benzene ring substituents is 1. The number of halogens is 1. The van der Waals surface area contributed by atoms with E-state index in [0.717, 1.165) is 16.9 Å². The molecule has 0 aliphatic heterocycles. The molecule has 0 amide bonds. The fraction of sp³-hybridized carbons (Fsp3) is 0.133. The van der Waals surface area contributed by atoms with Gasteiger partial charge in [0.1, 0.15) is 5.02 Å². The van der Waals surface area contributed by atoms with Gasteiger partial charge >= 0.3 is 0 Å². The maximum atomic E-state index is 10.9. The summed E-state index contributed by atoms with van der Waals surface area (Å²) >= 11 is 5.97. The highest BCUT2D eigenvalue weighted by atomic mass is 35.5. The highest BCUT2D eigenvalue weighted by molar-refractivity contribution is 6.33. The highest BCUT2D eigenvalue weighted by Crippen LogP contribution is 2.35. The molecule has 0 aliphatic rings. The van der Waals surface area contributed by atoms with Crippen LogP contribution in [0.3, 0.4) is 0 Å². The predicted molar refractivity (Wildman–Crippen MR) is 82.1 cm³/mol. The first-order valence-electron chi connectivity index (χ1n) is 6.12. The van der Waals surface area contributed by atoms with Crippen molar-refractivity contribution in [3.8, 4) is 6.07 Å². The third kappa shape index (κ3) is 2.96. The smallest absolute Gasteiger partial charge is 0.288 e. The number of nitrogens with zero attached hydrogens (tertiary/aromatic N) is 3. The largest absolute Gasteiger partial charge is 0.344 e. The zero-order chi connectivity index (χ0) is 15.6. The van der Waals surface area contributed by atoms with E-state index in [4.69, 9.17) is 16.9 Å². The predicted octanol–water partition coefficient (Wildman–Crippen LogP) is 4.20. The van der Waals surface area contributed by atoms with Crippen molar-refractivity contribution >= 4 is 28.7 Å². The van der Waals surface area contributed by atoms with E-state index in [1.165, 1.54) is 6.07 Å². The van der Waals surface area contributed by atoms with Crippen LogP contribution in [0.5, 0.6) is 0 Å². The van der Waals surface area contributed by atoms with Gasteiger partial charge in [-0.25, -0.2) is 0 Å². The summed E-state index contributed by atoms with van der Waals surface area (Å²) in [7, 11) is 1.82. The molecule has 0 unspecified atom stereocenters. The Balaban J connectivity index is 2.48. The van der Waals surface area contributed by atoms with E-state index in [-0.39, 0.29) is 10.7 Å². The quantitative estimate of drug-likeness (QED) is 0.629. The molecule has 0 N–H and O–H groups in total. The Bertz CT molecular complexity index is 753. The van der Waals surface area contributed by atoms with Gasteiger partial charge in [-0.1, -0.05) is 17.7 Å². The molecule has 21 heavy (non-hydrogen) atoms. The number of benzene rings is 2. The number of rotatable bonds is 3. The molecule has 0 saturated carbocycles. The van der Waals surface area contributed by atoms with Crippen LogP contribution in [0.1, 0.15) is 11.1 Å². The van der Waals surface area contributed by atoms with Crippen molar-refractivity contribution in [2.45, 2.75) is 6.92 Å². The zero-order valence-electron chi connectivity index (χ0n) is 11.5.